The third-order valence-corrected chi connectivity index (χ3v) is 3.41. The van der Waals surface area contributed by atoms with E-state index < -0.39 is 0 Å². The standard InChI is InChI=1S/C12H25N3O2.ClH/c1-4-14(5-2)12(16)10(3)15-6-7-17-11(8-13)9-15;/h10-11H,4-9,13H2,1-3H3;1H. The number of morpholine rings is 1. The van der Waals surface area contributed by atoms with E-state index in [1.165, 1.54) is 0 Å². The van der Waals surface area contributed by atoms with Crippen LogP contribution in [0.3, 0.4) is 0 Å². The molecule has 0 radical (unpaired) electrons. The second kappa shape index (κ2) is 8.69. The van der Waals surface area contributed by atoms with Crippen LogP contribution in [-0.2, 0) is 9.53 Å². The van der Waals surface area contributed by atoms with Crippen LogP contribution in [0.15, 0.2) is 0 Å². The van der Waals surface area contributed by atoms with Crippen LogP contribution < -0.4 is 5.73 Å². The number of nitrogens with two attached hydrogens (primary N) is 1. The predicted octanol–water partition coefficient (Wildman–Crippen LogP) is 0.325. The Hall–Kier alpha value is -0.360. The predicted molar refractivity (Wildman–Crippen MR) is 75.0 cm³/mol. The van der Waals surface area contributed by atoms with E-state index in [0.717, 1.165) is 26.2 Å². The molecule has 1 rings (SSSR count). The molecule has 1 aliphatic heterocycles. The fraction of sp³-hybridized carbons (Fsp3) is 0.917. The Morgan fingerprint density at radius 1 is 1.50 bits per heavy atom. The third-order valence-electron chi connectivity index (χ3n) is 3.41. The van der Waals surface area contributed by atoms with Gasteiger partial charge in [-0.05, 0) is 20.8 Å². The smallest absolute Gasteiger partial charge is 0.239 e. The number of nitrogens with zero attached hydrogens (tertiary/aromatic N) is 2. The number of halogens is 1. The lowest BCUT2D eigenvalue weighted by atomic mass is 10.2. The molecule has 1 heterocycles. The van der Waals surface area contributed by atoms with Crippen LogP contribution in [0.5, 0.6) is 0 Å². The molecule has 2 atom stereocenters. The topological polar surface area (TPSA) is 58.8 Å². The van der Waals surface area contributed by atoms with Crippen molar-refractivity contribution in [3.8, 4) is 0 Å². The number of ether oxygens (including phenoxy) is 1. The highest BCUT2D eigenvalue weighted by Crippen LogP contribution is 2.10. The second-order valence-corrected chi connectivity index (χ2v) is 4.41. The summed E-state index contributed by atoms with van der Waals surface area (Å²) >= 11 is 0. The molecular weight excluding hydrogens is 254 g/mol. The highest BCUT2D eigenvalue weighted by molar-refractivity contribution is 5.85. The SMILES string of the molecule is CCN(CC)C(=O)C(C)N1CCOC(CN)C1.Cl. The van der Waals surface area contributed by atoms with Crippen LogP contribution in [0.4, 0.5) is 0 Å². The Balaban J connectivity index is 0.00000289. The van der Waals surface area contributed by atoms with Crippen molar-refractivity contribution in [3.05, 3.63) is 0 Å². The lowest BCUT2D eigenvalue weighted by Gasteiger charge is -2.37. The maximum Gasteiger partial charge on any atom is 0.239 e. The Morgan fingerprint density at radius 3 is 2.61 bits per heavy atom. The first kappa shape index (κ1) is 17.6. The first-order valence-electron chi connectivity index (χ1n) is 6.48. The minimum absolute atomic E-state index is 0. The van der Waals surface area contributed by atoms with Gasteiger partial charge in [0.25, 0.3) is 0 Å². The lowest BCUT2D eigenvalue weighted by Crippen LogP contribution is -2.54. The minimum Gasteiger partial charge on any atom is -0.374 e. The second-order valence-electron chi connectivity index (χ2n) is 4.41. The van der Waals surface area contributed by atoms with Gasteiger partial charge in [-0.15, -0.1) is 12.4 Å². The van der Waals surface area contributed by atoms with E-state index in [2.05, 4.69) is 4.90 Å². The summed E-state index contributed by atoms with van der Waals surface area (Å²) in [5.74, 6) is 0.202. The summed E-state index contributed by atoms with van der Waals surface area (Å²) in [7, 11) is 0. The van der Waals surface area contributed by atoms with Crippen LogP contribution in [0.1, 0.15) is 20.8 Å². The third kappa shape index (κ3) is 4.39. The molecule has 5 nitrogen and oxygen atoms in total. The number of rotatable bonds is 5. The molecule has 1 fully saturated rings. The zero-order valence-corrected chi connectivity index (χ0v) is 12.4. The summed E-state index contributed by atoms with van der Waals surface area (Å²) in [5.41, 5.74) is 5.61. The molecule has 0 spiro atoms. The molecule has 0 aromatic carbocycles. The molecule has 1 amide bonds. The summed E-state index contributed by atoms with van der Waals surface area (Å²) in [6, 6.07) is -0.0761. The maximum atomic E-state index is 12.2. The summed E-state index contributed by atoms with van der Waals surface area (Å²) in [6.07, 6.45) is 0.0655. The summed E-state index contributed by atoms with van der Waals surface area (Å²) in [6.45, 7) is 10.3. The average molecular weight is 280 g/mol. The number of hydrogen-bond donors (Lipinski definition) is 1. The highest BCUT2D eigenvalue weighted by Gasteiger charge is 2.28. The van der Waals surface area contributed by atoms with E-state index in [4.69, 9.17) is 10.5 Å². The number of carbonyl (C=O) groups excluding carboxylic acids is 1. The van der Waals surface area contributed by atoms with Gasteiger partial charge in [-0.3, -0.25) is 9.69 Å². The van der Waals surface area contributed by atoms with Crippen LogP contribution >= 0.6 is 12.4 Å². The average Bonchev–Trinajstić information content (AvgIpc) is 2.39. The largest absolute Gasteiger partial charge is 0.374 e. The fourth-order valence-corrected chi connectivity index (χ4v) is 2.19. The summed E-state index contributed by atoms with van der Waals surface area (Å²) < 4.78 is 5.51. The van der Waals surface area contributed by atoms with Crippen LogP contribution in [0.25, 0.3) is 0 Å². The highest BCUT2D eigenvalue weighted by atomic mass is 35.5. The molecule has 1 saturated heterocycles. The van der Waals surface area contributed by atoms with Crippen molar-refractivity contribution in [1.82, 2.24) is 9.80 Å². The van der Waals surface area contributed by atoms with E-state index in [1.807, 2.05) is 25.7 Å². The van der Waals surface area contributed by atoms with E-state index in [1.54, 1.807) is 0 Å². The van der Waals surface area contributed by atoms with Crippen LogP contribution in [-0.4, -0.2) is 67.2 Å². The van der Waals surface area contributed by atoms with Crippen molar-refractivity contribution in [2.24, 2.45) is 5.73 Å². The quantitative estimate of drug-likeness (QED) is 0.788. The number of hydrogen-bond acceptors (Lipinski definition) is 4. The molecule has 0 aromatic heterocycles. The first-order chi connectivity index (χ1) is 8.13. The van der Waals surface area contributed by atoms with Gasteiger partial charge in [-0.2, -0.15) is 0 Å². The van der Waals surface area contributed by atoms with Crippen molar-refractivity contribution in [2.45, 2.75) is 32.9 Å². The Labute approximate surface area is 116 Å². The van der Waals surface area contributed by atoms with Gasteiger partial charge in [-0.25, -0.2) is 0 Å². The molecule has 1 aliphatic rings. The van der Waals surface area contributed by atoms with Crippen LogP contribution in [0, 0.1) is 0 Å². The lowest BCUT2D eigenvalue weighted by molar-refractivity contribution is -0.139. The molecule has 0 aliphatic carbocycles. The fourth-order valence-electron chi connectivity index (χ4n) is 2.19. The summed E-state index contributed by atoms with van der Waals surface area (Å²) in [4.78, 5) is 16.3. The molecule has 2 unspecified atom stereocenters. The number of likely N-dealkylation sites (N-methyl/N-ethyl adjacent to an activating group) is 1. The van der Waals surface area contributed by atoms with Gasteiger partial charge in [0.1, 0.15) is 0 Å². The number of amides is 1. The maximum absolute atomic E-state index is 12.2. The Bertz CT molecular complexity index is 249. The van der Waals surface area contributed by atoms with E-state index >= 15 is 0 Å². The zero-order chi connectivity index (χ0) is 12.8. The zero-order valence-electron chi connectivity index (χ0n) is 11.6. The molecule has 108 valence electrons. The first-order valence-corrected chi connectivity index (χ1v) is 6.48. The van der Waals surface area contributed by atoms with Crippen molar-refractivity contribution < 1.29 is 9.53 Å². The molecule has 6 heteroatoms. The normalized spacial score (nSPS) is 22.1. The summed E-state index contributed by atoms with van der Waals surface area (Å²) in [5, 5.41) is 0. The molecular formula is C12H26ClN3O2. The Morgan fingerprint density at radius 2 is 2.11 bits per heavy atom. The minimum atomic E-state index is -0.0761. The van der Waals surface area contributed by atoms with Gasteiger partial charge in [0.05, 0.1) is 18.8 Å². The monoisotopic (exact) mass is 279 g/mol. The van der Waals surface area contributed by atoms with Gasteiger partial charge >= 0.3 is 0 Å². The van der Waals surface area contributed by atoms with Crippen molar-refractivity contribution in [1.29, 1.82) is 0 Å². The molecule has 0 bridgehead atoms. The van der Waals surface area contributed by atoms with Gasteiger partial charge in [0, 0.05) is 32.7 Å². The van der Waals surface area contributed by atoms with Crippen molar-refractivity contribution >= 4 is 18.3 Å². The number of carbonyl (C=O) groups is 1. The van der Waals surface area contributed by atoms with Gasteiger partial charge in [0.15, 0.2) is 0 Å². The van der Waals surface area contributed by atoms with Crippen molar-refractivity contribution in [2.75, 3.05) is 39.3 Å². The van der Waals surface area contributed by atoms with Crippen molar-refractivity contribution in [3.63, 3.8) is 0 Å². The van der Waals surface area contributed by atoms with Gasteiger partial charge in [0.2, 0.25) is 5.91 Å². The molecule has 2 N–H and O–H groups in total. The van der Waals surface area contributed by atoms with E-state index in [9.17, 15) is 4.79 Å². The van der Waals surface area contributed by atoms with Crippen LogP contribution in [0.2, 0.25) is 0 Å². The van der Waals surface area contributed by atoms with E-state index in [0.29, 0.717) is 13.2 Å². The molecule has 18 heavy (non-hydrogen) atoms. The van der Waals surface area contributed by atoms with Gasteiger partial charge < -0.3 is 15.4 Å². The van der Waals surface area contributed by atoms with Gasteiger partial charge in [-0.1, -0.05) is 0 Å². The molecule has 0 aromatic rings. The molecule has 0 saturated carbocycles. The van der Waals surface area contributed by atoms with E-state index in [-0.39, 0.29) is 30.5 Å². The Kier molecular flexibility index (Phi) is 8.52.